The molecule has 0 aromatic carbocycles. The highest BCUT2D eigenvalue weighted by atomic mass is 32.2. The molecule has 1 fully saturated rings. The summed E-state index contributed by atoms with van der Waals surface area (Å²) < 4.78 is 17.6. The fourth-order valence-corrected chi connectivity index (χ4v) is 3.20. The third-order valence-electron chi connectivity index (χ3n) is 2.82. The second-order valence-electron chi connectivity index (χ2n) is 5.67. The molecule has 7 heteroatoms. The van der Waals surface area contributed by atoms with Crippen LogP contribution in [0.5, 0.6) is 0 Å². The average molecular weight is 297 g/mol. The van der Waals surface area contributed by atoms with E-state index in [1.54, 1.807) is 23.4 Å². The molecule has 1 amide bonds. The van der Waals surface area contributed by atoms with E-state index in [0.29, 0.717) is 24.7 Å². The summed E-state index contributed by atoms with van der Waals surface area (Å²) in [7, 11) is -1.29. The second-order valence-corrected chi connectivity index (χ2v) is 7.29. The predicted molar refractivity (Wildman–Crippen MR) is 74.7 cm³/mol. The van der Waals surface area contributed by atoms with Gasteiger partial charge in [0.2, 0.25) is 5.16 Å². The molecule has 0 bridgehead atoms. The van der Waals surface area contributed by atoms with Crippen LogP contribution in [-0.2, 0) is 15.5 Å². The zero-order valence-electron chi connectivity index (χ0n) is 11.9. The van der Waals surface area contributed by atoms with Crippen LogP contribution in [0.15, 0.2) is 23.6 Å². The predicted octanol–water partition coefficient (Wildman–Crippen LogP) is 1.59. The van der Waals surface area contributed by atoms with E-state index in [4.69, 9.17) is 4.74 Å². The summed E-state index contributed by atoms with van der Waals surface area (Å²) in [4.78, 5) is 21.5. The summed E-state index contributed by atoms with van der Waals surface area (Å²) in [5.41, 5.74) is -0.517. The molecular weight excluding hydrogens is 278 g/mol. The van der Waals surface area contributed by atoms with Crippen LogP contribution in [0, 0.1) is 0 Å². The molecule has 2 rings (SSSR count). The van der Waals surface area contributed by atoms with Crippen molar-refractivity contribution in [3.8, 4) is 0 Å². The quantitative estimate of drug-likeness (QED) is 0.775. The molecule has 2 heterocycles. The monoisotopic (exact) mass is 297 g/mol. The highest BCUT2D eigenvalue weighted by Crippen LogP contribution is 2.20. The van der Waals surface area contributed by atoms with Crippen molar-refractivity contribution in [1.29, 1.82) is 0 Å². The van der Waals surface area contributed by atoms with Crippen molar-refractivity contribution in [3.05, 3.63) is 18.5 Å². The van der Waals surface area contributed by atoms with E-state index < -0.39 is 16.4 Å². The van der Waals surface area contributed by atoms with Crippen LogP contribution in [0.1, 0.15) is 27.2 Å². The maximum atomic E-state index is 12.3. The van der Waals surface area contributed by atoms with Crippen molar-refractivity contribution in [2.75, 3.05) is 13.1 Å². The summed E-state index contributed by atoms with van der Waals surface area (Å²) in [5, 5.41) is 0.188. The van der Waals surface area contributed by atoms with Crippen LogP contribution in [0.25, 0.3) is 0 Å². The van der Waals surface area contributed by atoms with Gasteiger partial charge in [-0.25, -0.2) is 14.8 Å². The minimum absolute atomic E-state index is 0.134. The standard InChI is InChI=1S/C13H19N3O3S/c1-13(2,3)19-12(17)16-8-5-10(9-16)20(18)11-14-6-4-7-15-11/h4,6-7,10H,5,8-9H2,1-3H3/t10-,20-/m0/s1. The van der Waals surface area contributed by atoms with Crippen molar-refractivity contribution in [2.45, 2.75) is 43.2 Å². The number of carbonyl (C=O) groups is 1. The molecule has 0 saturated carbocycles. The number of likely N-dealkylation sites (tertiary alicyclic amines) is 1. The molecule has 0 radical (unpaired) electrons. The van der Waals surface area contributed by atoms with Gasteiger partial charge in [-0.2, -0.15) is 0 Å². The van der Waals surface area contributed by atoms with Gasteiger partial charge in [0.15, 0.2) is 0 Å². The lowest BCUT2D eigenvalue weighted by molar-refractivity contribution is 0.0295. The van der Waals surface area contributed by atoms with Crippen molar-refractivity contribution >= 4 is 16.9 Å². The fraction of sp³-hybridized carbons (Fsp3) is 0.615. The Morgan fingerprint density at radius 2 is 2.05 bits per heavy atom. The van der Waals surface area contributed by atoms with Gasteiger partial charge in [0.1, 0.15) is 5.60 Å². The van der Waals surface area contributed by atoms with Gasteiger partial charge >= 0.3 is 6.09 Å². The van der Waals surface area contributed by atoms with Crippen LogP contribution in [0.4, 0.5) is 4.79 Å². The molecule has 0 N–H and O–H groups in total. The van der Waals surface area contributed by atoms with E-state index in [0.717, 1.165) is 0 Å². The maximum absolute atomic E-state index is 12.3. The SMILES string of the molecule is CC(C)(C)OC(=O)N1CC[C@H]([S@](=O)c2ncccn2)C1. The highest BCUT2D eigenvalue weighted by Gasteiger charge is 2.34. The molecule has 0 unspecified atom stereocenters. The Morgan fingerprint density at radius 1 is 1.40 bits per heavy atom. The minimum atomic E-state index is -1.29. The molecule has 2 atom stereocenters. The first-order valence-corrected chi connectivity index (χ1v) is 7.73. The average Bonchev–Trinajstić information content (AvgIpc) is 2.86. The molecule has 1 saturated heterocycles. The second kappa shape index (κ2) is 5.87. The Morgan fingerprint density at radius 3 is 2.65 bits per heavy atom. The third-order valence-corrected chi connectivity index (χ3v) is 4.38. The van der Waals surface area contributed by atoms with Crippen LogP contribution < -0.4 is 0 Å². The summed E-state index contributed by atoms with van der Waals surface area (Å²) in [6.07, 6.45) is 3.46. The van der Waals surface area contributed by atoms with Crippen molar-refractivity contribution < 1.29 is 13.7 Å². The number of amides is 1. The van der Waals surface area contributed by atoms with E-state index in [9.17, 15) is 9.00 Å². The van der Waals surface area contributed by atoms with Gasteiger partial charge in [-0.1, -0.05) is 0 Å². The Balaban J connectivity index is 1.96. The van der Waals surface area contributed by atoms with Gasteiger partial charge in [0.05, 0.1) is 16.0 Å². The molecule has 0 spiro atoms. The molecule has 1 aliphatic heterocycles. The zero-order valence-corrected chi connectivity index (χ0v) is 12.7. The Labute approximate surface area is 121 Å². The molecule has 1 aliphatic rings. The van der Waals surface area contributed by atoms with Gasteiger partial charge in [-0.05, 0) is 33.3 Å². The van der Waals surface area contributed by atoms with Gasteiger partial charge in [-0.15, -0.1) is 0 Å². The first kappa shape index (κ1) is 14.9. The summed E-state index contributed by atoms with van der Waals surface area (Å²) in [5.74, 6) is 0. The van der Waals surface area contributed by atoms with E-state index in [1.165, 1.54) is 0 Å². The van der Waals surface area contributed by atoms with Crippen molar-refractivity contribution in [2.24, 2.45) is 0 Å². The number of aromatic nitrogens is 2. The van der Waals surface area contributed by atoms with Crippen LogP contribution in [-0.4, -0.2) is 49.1 Å². The van der Waals surface area contributed by atoms with Gasteiger partial charge < -0.3 is 9.64 Å². The summed E-state index contributed by atoms with van der Waals surface area (Å²) in [6.45, 7) is 6.45. The molecule has 1 aromatic heterocycles. The lowest BCUT2D eigenvalue weighted by atomic mass is 10.2. The van der Waals surface area contributed by atoms with Crippen LogP contribution in [0.2, 0.25) is 0 Å². The minimum Gasteiger partial charge on any atom is -0.444 e. The van der Waals surface area contributed by atoms with Crippen molar-refractivity contribution in [1.82, 2.24) is 14.9 Å². The number of nitrogens with zero attached hydrogens (tertiary/aromatic N) is 3. The van der Waals surface area contributed by atoms with Crippen LogP contribution in [0.3, 0.4) is 0 Å². The summed E-state index contributed by atoms with van der Waals surface area (Å²) in [6, 6.07) is 1.68. The highest BCUT2D eigenvalue weighted by molar-refractivity contribution is 7.85. The largest absolute Gasteiger partial charge is 0.444 e. The first-order chi connectivity index (χ1) is 9.37. The van der Waals surface area contributed by atoms with E-state index >= 15 is 0 Å². The third kappa shape index (κ3) is 3.75. The Kier molecular flexibility index (Phi) is 4.37. The lowest BCUT2D eigenvalue weighted by Gasteiger charge is -2.24. The van der Waals surface area contributed by atoms with Gasteiger partial charge in [0.25, 0.3) is 0 Å². The number of ether oxygens (including phenoxy) is 1. The van der Waals surface area contributed by atoms with E-state index in [1.807, 2.05) is 20.8 Å². The first-order valence-electron chi connectivity index (χ1n) is 6.52. The smallest absolute Gasteiger partial charge is 0.410 e. The lowest BCUT2D eigenvalue weighted by Crippen LogP contribution is -2.36. The van der Waals surface area contributed by atoms with Crippen molar-refractivity contribution in [3.63, 3.8) is 0 Å². The normalized spacial score (nSPS) is 20.8. The molecule has 20 heavy (non-hydrogen) atoms. The molecule has 0 aliphatic carbocycles. The number of hydrogen-bond donors (Lipinski definition) is 0. The molecule has 6 nitrogen and oxygen atoms in total. The maximum Gasteiger partial charge on any atom is 0.410 e. The molecular formula is C13H19N3O3S. The number of hydrogen-bond acceptors (Lipinski definition) is 5. The van der Waals surface area contributed by atoms with Gasteiger partial charge in [0, 0.05) is 25.5 Å². The van der Waals surface area contributed by atoms with Crippen LogP contribution >= 0.6 is 0 Å². The number of rotatable bonds is 2. The number of carbonyl (C=O) groups excluding carboxylic acids is 1. The fourth-order valence-electron chi connectivity index (χ4n) is 1.93. The Hall–Kier alpha value is -1.50. The van der Waals surface area contributed by atoms with E-state index in [2.05, 4.69) is 9.97 Å². The molecule has 110 valence electrons. The summed E-state index contributed by atoms with van der Waals surface area (Å²) >= 11 is 0. The Bertz CT molecular complexity index is 501. The zero-order chi connectivity index (χ0) is 14.8. The topological polar surface area (TPSA) is 72.4 Å². The molecule has 1 aromatic rings. The van der Waals surface area contributed by atoms with Gasteiger partial charge in [-0.3, -0.25) is 4.21 Å². The van der Waals surface area contributed by atoms with E-state index in [-0.39, 0.29) is 11.3 Å².